The SMILES string of the molecule is C=CC(=O)OCCC[SiH](N)OCC.[CH2]CCC. The van der Waals surface area contributed by atoms with E-state index in [0.717, 1.165) is 25.0 Å². The molecule has 0 aliphatic heterocycles. The molecular formula is C12H26NO3Si. The van der Waals surface area contributed by atoms with Crippen LogP contribution >= 0.6 is 0 Å². The van der Waals surface area contributed by atoms with Gasteiger partial charge in [-0.05, 0) is 19.4 Å². The minimum atomic E-state index is -1.49. The Bertz CT molecular complexity index is 187. The largest absolute Gasteiger partial charge is 0.463 e. The Labute approximate surface area is 107 Å². The molecule has 1 atom stereocenters. The zero-order chi connectivity index (χ0) is 13.5. The van der Waals surface area contributed by atoms with Crippen LogP contribution in [0.1, 0.15) is 33.1 Å². The van der Waals surface area contributed by atoms with E-state index in [2.05, 4.69) is 20.4 Å². The van der Waals surface area contributed by atoms with Crippen molar-refractivity contribution in [2.75, 3.05) is 13.2 Å². The third-order valence-electron chi connectivity index (χ3n) is 1.78. The van der Waals surface area contributed by atoms with Crippen LogP contribution in [-0.2, 0) is 14.0 Å². The summed E-state index contributed by atoms with van der Waals surface area (Å²) in [7, 11) is -1.49. The summed E-state index contributed by atoms with van der Waals surface area (Å²) in [5.74, 6) is -0.383. The van der Waals surface area contributed by atoms with E-state index in [9.17, 15) is 4.79 Å². The van der Waals surface area contributed by atoms with Gasteiger partial charge in [0.1, 0.15) is 0 Å². The second-order valence-corrected chi connectivity index (χ2v) is 5.35. The van der Waals surface area contributed by atoms with Crippen LogP contribution in [0.2, 0.25) is 6.04 Å². The lowest BCUT2D eigenvalue weighted by atomic mass is 10.4. The molecule has 0 aliphatic rings. The number of carbonyl (C=O) groups excluding carboxylic acids is 1. The first kappa shape index (κ1) is 18.7. The van der Waals surface area contributed by atoms with Gasteiger partial charge >= 0.3 is 5.97 Å². The van der Waals surface area contributed by atoms with E-state index >= 15 is 0 Å². The number of ether oxygens (including phenoxy) is 1. The zero-order valence-electron chi connectivity index (χ0n) is 11.1. The Kier molecular flexibility index (Phi) is 16.9. The molecule has 0 aliphatic carbocycles. The van der Waals surface area contributed by atoms with Gasteiger partial charge in [-0.1, -0.05) is 33.3 Å². The van der Waals surface area contributed by atoms with Gasteiger partial charge in [-0.25, -0.2) is 4.79 Å². The number of rotatable bonds is 8. The zero-order valence-corrected chi connectivity index (χ0v) is 12.3. The third-order valence-corrected chi connectivity index (χ3v) is 3.52. The summed E-state index contributed by atoms with van der Waals surface area (Å²) in [6.45, 7) is 12.0. The molecule has 17 heavy (non-hydrogen) atoms. The van der Waals surface area contributed by atoms with Gasteiger partial charge in [0.2, 0.25) is 9.20 Å². The van der Waals surface area contributed by atoms with E-state index in [4.69, 9.17) is 14.6 Å². The maximum absolute atomic E-state index is 10.6. The van der Waals surface area contributed by atoms with Gasteiger partial charge in [0, 0.05) is 12.7 Å². The van der Waals surface area contributed by atoms with Crippen LogP contribution in [0, 0.1) is 6.92 Å². The number of esters is 1. The summed E-state index contributed by atoms with van der Waals surface area (Å²) < 4.78 is 10.0. The topological polar surface area (TPSA) is 61.5 Å². The van der Waals surface area contributed by atoms with Crippen LogP contribution in [-0.4, -0.2) is 28.4 Å². The molecule has 0 fully saturated rings. The number of nitrogens with two attached hydrogens (primary N) is 1. The van der Waals surface area contributed by atoms with Crippen LogP contribution in [0.3, 0.4) is 0 Å². The van der Waals surface area contributed by atoms with Gasteiger partial charge in [0.25, 0.3) is 0 Å². The summed E-state index contributed by atoms with van der Waals surface area (Å²) >= 11 is 0. The molecule has 0 spiro atoms. The molecule has 5 heteroatoms. The first-order valence-electron chi connectivity index (χ1n) is 6.07. The molecule has 0 saturated heterocycles. The smallest absolute Gasteiger partial charge is 0.330 e. The van der Waals surface area contributed by atoms with E-state index in [1.165, 1.54) is 6.42 Å². The highest BCUT2D eigenvalue weighted by Gasteiger charge is 2.04. The fourth-order valence-corrected chi connectivity index (χ4v) is 1.98. The van der Waals surface area contributed by atoms with Crippen molar-refractivity contribution >= 4 is 15.2 Å². The third kappa shape index (κ3) is 17.9. The fraction of sp³-hybridized carbons (Fsp3) is 0.667. The van der Waals surface area contributed by atoms with Crippen LogP contribution in [0.15, 0.2) is 12.7 Å². The molecule has 0 saturated carbocycles. The van der Waals surface area contributed by atoms with Crippen LogP contribution in [0.5, 0.6) is 0 Å². The highest BCUT2D eigenvalue weighted by atomic mass is 28.3. The van der Waals surface area contributed by atoms with E-state index < -0.39 is 9.20 Å². The second kappa shape index (κ2) is 15.3. The quantitative estimate of drug-likeness (QED) is 0.313. The van der Waals surface area contributed by atoms with Crippen molar-refractivity contribution in [3.8, 4) is 0 Å². The van der Waals surface area contributed by atoms with E-state index in [1.807, 2.05) is 6.92 Å². The molecule has 0 rings (SSSR count). The normalized spacial score (nSPS) is 11.1. The van der Waals surface area contributed by atoms with Gasteiger partial charge in [0.15, 0.2) is 0 Å². The molecule has 1 radical (unpaired) electrons. The van der Waals surface area contributed by atoms with Gasteiger partial charge in [0.05, 0.1) is 6.61 Å². The predicted octanol–water partition coefficient (Wildman–Crippen LogP) is 1.94. The number of hydrogen-bond acceptors (Lipinski definition) is 4. The van der Waals surface area contributed by atoms with Crippen LogP contribution < -0.4 is 5.40 Å². The summed E-state index contributed by atoms with van der Waals surface area (Å²) in [4.78, 5) is 10.6. The van der Waals surface area contributed by atoms with Crippen molar-refractivity contribution in [2.24, 2.45) is 5.40 Å². The maximum Gasteiger partial charge on any atom is 0.330 e. The van der Waals surface area contributed by atoms with Gasteiger partial charge in [-0.2, -0.15) is 0 Å². The lowest BCUT2D eigenvalue weighted by Gasteiger charge is -2.08. The average Bonchev–Trinajstić information content (AvgIpc) is 2.35. The molecule has 0 aromatic carbocycles. The summed E-state index contributed by atoms with van der Waals surface area (Å²) in [5, 5.41) is 5.69. The number of carbonyl (C=O) groups is 1. The molecule has 101 valence electrons. The van der Waals surface area contributed by atoms with Crippen molar-refractivity contribution in [1.82, 2.24) is 0 Å². The van der Waals surface area contributed by atoms with Gasteiger partial charge in [-0.15, -0.1) is 0 Å². The Morgan fingerprint density at radius 2 is 2.06 bits per heavy atom. The second-order valence-electron chi connectivity index (χ2n) is 3.36. The Balaban J connectivity index is 0. The highest BCUT2D eigenvalue weighted by Crippen LogP contribution is 1.95. The first-order valence-corrected chi connectivity index (χ1v) is 8.03. The van der Waals surface area contributed by atoms with E-state index in [1.54, 1.807) is 0 Å². The first-order chi connectivity index (χ1) is 8.12. The van der Waals surface area contributed by atoms with Crippen LogP contribution in [0.4, 0.5) is 0 Å². The Morgan fingerprint density at radius 3 is 2.47 bits per heavy atom. The molecule has 0 amide bonds. The number of unbranched alkanes of at least 4 members (excludes halogenated alkanes) is 1. The number of hydrogen-bond donors (Lipinski definition) is 1. The Hall–Kier alpha value is -0.653. The Morgan fingerprint density at radius 1 is 1.47 bits per heavy atom. The standard InChI is InChI=1S/C8H17NO3Si.C4H9/c1-3-8(10)11-6-5-7-13(9)12-4-2;1-3-4-2/h3,13H,1,4-7,9H2,2H3;1,3-4H2,2H3. The van der Waals surface area contributed by atoms with Crippen LogP contribution in [0.25, 0.3) is 0 Å². The summed E-state index contributed by atoms with van der Waals surface area (Å²) in [5.41, 5.74) is 0. The molecule has 2 N–H and O–H groups in total. The minimum absolute atomic E-state index is 0.383. The fourth-order valence-electron chi connectivity index (χ4n) is 0.814. The van der Waals surface area contributed by atoms with Crippen molar-refractivity contribution in [1.29, 1.82) is 0 Å². The lowest BCUT2D eigenvalue weighted by molar-refractivity contribution is -0.137. The molecule has 0 bridgehead atoms. The van der Waals surface area contributed by atoms with Crippen molar-refractivity contribution in [2.45, 2.75) is 39.2 Å². The molecule has 0 aromatic rings. The molecule has 0 aromatic heterocycles. The predicted molar refractivity (Wildman–Crippen MR) is 73.8 cm³/mol. The summed E-state index contributed by atoms with van der Waals surface area (Å²) in [6.07, 6.45) is 4.20. The monoisotopic (exact) mass is 260 g/mol. The van der Waals surface area contributed by atoms with Crippen molar-refractivity contribution < 1.29 is 14.0 Å². The lowest BCUT2D eigenvalue weighted by Crippen LogP contribution is -2.29. The highest BCUT2D eigenvalue weighted by molar-refractivity contribution is 6.47. The van der Waals surface area contributed by atoms with E-state index in [-0.39, 0.29) is 5.97 Å². The molecule has 0 heterocycles. The molecule has 4 nitrogen and oxygen atoms in total. The maximum atomic E-state index is 10.6. The van der Waals surface area contributed by atoms with Crippen molar-refractivity contribution in [3.05, 3.63) is 19.6 Å². The van der Waals surface area contributed by atoms with Crippen molar-refractivity contribution in [3.63, 3.8) is 0 Å². The minimum Gasteiger partial charge on any atom is -0.463 e. The summed E-state index contributed by atoms with van der Waals surface area (Å²) in [6, 6.07) is 0.832. The van der Waals surface area contributed by atoms with Gasteiger partial charge in [-0.3, -0.25) is 0 Å². The molecular weight excluding hydrogens is 234 g/mol. The van der Waals surface area contributed by atoms with E-state index in [0.29, 0.717) is 13.2 Å². The molecule has 1 unspecified atom stereocenters. The average molecular weight is 260 g/mol. The van der Waals surface area contributed by atoms with Gasteiger partial charge < -0.3 is 14.6 Å².